The number of carboxylic acid groups (broad SMARTS) is 1. The van der Waals surface area contributed by atoms with Crippen LogP contribution in [0.25, 0.3) is 0 Å². The zero-order valence-electron chi connectivity index (χ0n) is 12.5. The molecule has 2 unspecified atom stereocenters. The third kappa shape index (κ3) is 22.3. The second kappa shape index (κ2) is 16.2. The average Bonchev–Trinajstić information content (AvgIpc) is 2.40. The predicted octanol–water partition coefficient (Wildman–Crippen LogP) is 0.538. The molecule has 0 fully saturated rings. The molecule has 0 saturated heterocycles. The van der Waals surface area contributed by atoms with E-state index in [4.69, 9.17) is 25.8 Å². The van der Waals surface area contributed by atoms with Gasteiger partial charge in [-0.3, -0.25) is 0 Å². The van der Waals surface area contributed by atoms with E-state index in [-0.39, 0.29) is 12.7 Å². The van der Waals surface area contributed by atoms with Crippen molar-refractivity contribution in [3.8, 4) is 0 Å². The number of aliphatic hydroxyl groups excluding tert-OH is 2. The van der Waals surface area contributed by atoms with Gasteiger partial charge in [-0.1, -0.05) is 12.8 Å². The van der Waals surface area contributed by atoms with Gasteiger partial charge in [0.15, 0.2) is 0 Å². The molecule has 0 heterocycles. The molecule has 7 nitrogen and oxygen atoms in total. The molecule has 0 aromatic carbocycles. The van der Waals surface area contributed by atoms with Crippen LogP contribution in [0.15, 0.2) is 0 Å². The lowest BCUT2D eigenvalue weighted by Gasteiger charge is -2.10. The number of aliphatic hydroxyl groups is 2. The molecule has 0 aromatic heterocycles. The molecule has 122 valence electrons. The molecule has 0 saturated carbocycles. The minimum absolute atomic E-state index is 0.00667. The molecule has 0 rings (SSSR count). The Morgan fingerprint density at radius 1 is 1.25 bits per heavy atom. The van der Waals surface area contributed by atoms with Gasteiger partial charge < -0.3 is 31.1 Å². The van der Waals surface area contributed by atoms with Crippen molar-refractivity contribution in [2.75, 3.05) is 26.3 Å². The van der Waals surface area contributed by atoms with E-state index in [0.717, 1.165) is 32.2 Å². The van der Waals surface area contributed by atoms with E-state index in [2.05, 4.69) is 5.32 Å². The lowest BCUT2D eigenvalue weighted by Crippen LogP contribution is -2.21. The van der Waals surface area contributed by atoms with Crippen molar-refractivity contribution in [3.63, 3.8) is 0 Å². The van der Waals surface area contributed by atoms with Gasteiger partial charge in [0.2, 0.25) is 0 Å². The molecular weight excluding hydrogens is 264 g/mol. The molecule has 0 aromatic rings. The third-order valence-corrected chi connectivity index (χ3v) is 2.29. The molecule has 0 aliphatic carbocycles. The molecular formula is C13H30N2O5. The summed E-state index contributed by atoms with van der Waals surface area (Å²) in [6.07, 6.45) is 2.54. The maximum Gasteiger partial charge on any atom is 0.404 e. The van der Waals surface area contributed by atoms with Crippen LogP contribution in [0.2, 0.25) is 0 Å². The van der Waals surface area contributed by atoms with Crippen LogP contribution in [0, 0.1) is 0 Å². The Bertz CT molecular complexity index is 215. The SMILES string of the molecule is CC(O)COC(C)CO.NCCCCCCNC(=O)O. The van der Waals surface area contributed by atoms with Gasteiger partial charge in [-0.2, -0.15) is 0 Å². The van der Waals surface area contributed by atoms with Gasteiger partial charge in [-0.15, -0.1) is 0 Å². The molecule has 0 aliphatic rings. The topological polar surface area (TPSA) is 125 Å². The molecule has 20 heavy (non-hydrogen) atoms. The number of rotatable bonds is 10. The van der Waals surface area contributed by atoms with E-state index in [1.807, 2.05) is 0 Å². The first-order valence-corrected chi connectivity index (χ1v) is 7.01. The van der Waals surface area contributed by atoms with Crippen molar-refractivity contribution < 1.29 is 24.9 Å². The van der Waals surface area contributed by atoms with Crippen LogP contribution >= 0.6 is 0 Å². The van der Waals surface area contributed by atoms with Crippen molar-refractivity contribution in [2.45, 2.75) is 51.7 Å². The number of ether oxygens (including phenoxy) is 1. The van der Waals surface area contributed by atoms with Gasteiger partial charge in [0.05, 0.1) is 25.4 Å². The van der Waals surface area contributed by atoms with E-state index in [1.165, 1.54) is 0 Å². The first kappa shape index (κ1) is 21.4. The first-order chi connectivity index (χ1) is 9.43. The van der Waals surface area contributed by atoms with Crippen molar-refractivity contribution in [3.05, 3.63) is 0 Å². The van der Waals surface area contributed by atoms with Crippen molar-refractivity contribution in [2.24, 2.45) is 5.73 Å². The summed E-state index contributed by atoms with van der Waals surface area (Å²) in [5.41, 5.74) is 5.28. The van der Waals surface area contributed by atoms with Gasteiger partial charge in [0.25, 0.3) is 0 Å². The highest BCUT2D eigenvalue weighted by Crippen LogP contribution is 1.96. The number of nitrogens with one attached hydrogen (secondary N) is 1. The lowest BCUT2D eigenvalue weighted by atomic mass is 10.2. The third-order valence-electron chi connectivity index (χ3n) is 2.29. The summed E-state index contributed by atoms with van der Waals surface area (Å²) in [5.74, 6) is 0. The van der Waals surface area contributed by atoms with Crippen molar-refractivity contribution in [1.29, 1.82) is 0 Å². The van der Waals surface area contributed by atoms with E-state index >= 15 is 0 Å². The molecule has 0 spiro atoms. The lowest BCUT2D eigenvalue weighted by molar-refractivity contribution is -0.0177. The minimum Gasteiger partial charge on any atom is -0.465 e. The number of carbonyl (C=O) groups is 1. The molecule has 0 radical (unpaired) electrons. The second-order valence-corrected chi connectivity index (χ2v) is 4.61. The summed E-state index contributed by atoms with van der Waals surface area (Å²) < 4.78 is 4.95. The van der Waals surface area contributed by atoms with Crippen LogP contribution in [0.1, 0.15) is 39.5 Å². The molecule has 0 aliphatic heterocycles. The smallest absolute Gasteiger partial charge is 0.404 e. The number of amides is 1. The maximum absolute atomic E-state index is 9.96. The van der Waals surface area contributed by atoms with Crippen LogP contribution < -0.4 is 11.1 Å². The average molecular weight is 294 g/mol. The van der Waals surface area contributed by atoms with Crippen LogP contribution in [0.4, 0.5) is 4.79 Å². The van der Waals surface area contributed by atoms with Gasteiger partial charge in [0.1, 0.15) is 0 Å². The Hall–Kier alpha value is -0.890. The fourth-order valence-electron chi connectivity index (χ4n) is 1.17. The fraction of sp³-hybridized carbons (Fsp3) is 0.923. The number of nitrogens with two attached hydrogens (primary N) is 1. The maximum atomic E-state index is 9.96. The monoisotopic (exact) mass is 294 g/mol. The fourth-order valence-corrected chi connectivity index (χ4v) is 1.17. The Morgan fingerprint density at radius 3 is 2.30 bits per heavy atom. The minimum atomic E-state index is -0.941. The standard InChI is InChI=1S/C7H16N2O2.C6H14O3/c8-5-3-1-2-4-6-9-7(10)11;1-5(8)4-9-6(2)3-7/h9H,1-6,8H2,(H,10,11);5-8H,3-4H2,1-2H3. The predicted molar refractivity (Wildman–Crippen MR) is 77.7 cm³/mol. The Balaban J connectivity index is 0. The van der Waals surface area contributed by atoms with Crippen molar-refractivity contribution >= 4 is 6.09 Å². The van der Waals surface area contributed by atoms with E-state index in [0.29, 0.717) is 13.2 Å². The van der Waals surface area contributed by atoms with Crippen LogP contribution in [0.5, 0.6) is 0 Å². The summed E-state index contributed by atoms with van der Waals surface area (Å²) in [7, 11) is 0. The summed E-state index contributed by atoms with van der Waals surface area (Å²) in [6.45, 7) is 4.98. The first-order valence-electron chi connectivity index (χ1n) is 7.01. The highest BCUT2D eigenvalue weighted by molar-refractivity contribution is 5.64. The zero-order valence-corrected chi connectivity index (χ0v) is 12.5. The normalized spacial score (nSPS) is 13.1. The Labute approximate surface area is 121 Å². The van der Waals surface area contributed by atoms with Gasteiger partial charge in [-0.25, -0.2) is 4.79 Å². The summed E-state index contributed by atoms with van der Waals surface area (Å²) in [5, 5.41) is 27.6. The zero-order chi connectivity index (χ0) is 15.8. The molecule has 6 N–H and O–H groups in total. The number of hydrogen-bond acceptors (Lipinski definition) is 5. The second-order valence-electron chi connectivity index (χ2n) is 4.61. The highest BCUT2D eigenvalue weighted by atomic mass is 16.5. The van der Waals surface area contributed by atoms with Crippen LogP contribution in [0.3, 0.4) is 0 Å². The van der Waals surface area contributed by atoms with Gasteiger partial charge in [-0.05, 0) is 33.2 Å². The summed E-state index contributed by atoms with van der Waals surface area (Å²) in [6, 6.07) is 0. The highest BCUT2D eigenvalue weighted by Gasteiger charge is 2.00. The molecule has 0 bridgehead atoms. The van der Waals surface area contributed by atoms with Crippen LogP contribution in [-0.2, 0) is 4.74 Å². The summed E-state index contributed by atoms with van der Waals surface area (Å²) >= 11 is 0. The van der Waals surface area contributed by atoms with Crippen molar-refractivity contribution in [1.82, 2.24) is 5.32 Å². The Kier molecular flexibility index (Phi) is 17.3. The largest absolute Gasteiger partial charge is 0.465 e. The molecule has 2 atom stereocenters. The number of hydrogen-bond donors (Lipinski definition) is 5. The quantitative estimate of drug-likeness (QED) is 0.374. The van der Waals surface area contributed by atoms with Gasteiger partial charge in [0, 0.05) is 6.54 Å². The van der Waals surface area contributed by atoms with E-state index in [1.54, 1.807) is 13.8 Å². The Morgan fingerprint density at radius 2 is 1.85 bits per heavy atom. The molecule has 7 heteroatoms. The number of unbranched alkanes of at least 4 members (excludes halogenated alkanes) is 3. The molecule has 1 amide bonds. The summed E-state index contributed by atoms with van der Waals surface area (Å²) in [4.78, 5) is 9.96. The van der Waals surface area contributed by atoms with Gasteiger partial charge >= 0.3 is 6.09 Å². The van der Waals surface area contributed by atoms with Crippen LogP contribution in [-0.4, -0.2) is 59.9 Å². The van der Waals surface area contributed by atoms with E-state index in [9.17, 15) is 4.79 Å². The van der Waals surface area contributed by atoms with E-state index < -0.39 is 12.2 Å².